The first-order valence-electron chi connectivity index (χ1n) is 7.85. The number of benzene rings is 3. The third-order valence-corrected chi connectivity index (χ3v) is 5.21. The Labute approximate surface area is 158 Å². The maximum atomic E-state index is 6.13. The molecule has 0 N–H and O–H groups in total. The molecule has 0 aliphatic rings. The molecule has 25 heavy (non-hydrogen) atoms. The minimum absolute atomic E-state index is 0.639. The van der Waals surface area contributed by atoms with E-state index in [2.05, 4.69) is 45.2 Å². The van der Waals surface area contributed by atoms with Gasteiger partial charge in [0.25, 0.3) is 4.87 Å². The highest BCUT2D eigenvalue weighted by Crippen LogP contribution is 2.34. The lowest BCUT2D eigenvalue weighted by Crippen LogP contribution is -1.88. The summed E-state index contributed by atoms with van der Waals surface area (Å²) >= 11 is 5.01. The van der Waals surface area contributed by atoms with Crippen LogP contribution in [0.4, 0.5) is 5.69 Å². The Morgan fingerprint density at radius 1 is 0.720 bits per heavy atom. The molecule has 0 spiro atoms. The van der Waals surface area contributed by atoms with Gasteiger partial charge in [0.15, 0.2) is 5.76 Å². The highest BCUT2D eigenvalue weighted by atomic mass is 79.9. The first-order valence-corrected chi connectivity index (χ1v) is 9.45. The van der Waals surface area contributed by atoms with Crippen molar-refractivity contribution in [3.63, 3.8) is 0 Å². The van der Waals surface area contributed by atoms with Crippen LogP contribution in [0.5, 0.6) is 0 Å². The highest BCUT2D eigenvalue weighted by molar-refractivity contribution is 9.10. The summed E-state index contributed by atoms with van der Waals surface area (Å²) in [7, 11) is 0. The molecule has 3 aromatic carbocycles. The molecule has 0 bridgehead atoms. The molecule has 122 valence electrons. The highest BCUT2D eigenvalue weighted by Gasteiger charge is 2.13. The van der Waals surface area contributed by atoms with Gasteiger partial charge in [-0.3, -0.25) is 0 Å². The number of rotatable bonds is 3. The predicted octanol–water partition coefficient (Wildman–Crippen LogP) is 6.67. The zero-order valence-electron chi connectivity index (χ0n) is 13.2. The Bertz CT molecular complexity index is 975. The van der Waals surface area contributed by atoms with Crippen LogP contribution in [0.15, 0.2) is 98.8 Å². The fraction of sp³-hybridized carbons (Fsp3) is 0. The van der Waals surface area contributed by atoms with Crippen LogP contribution in [0.3, 0.4) is 0 Å². The van der Waals surface area contributed by atoms with Crippen LogP contribution < -0.4 is 4.87 Å². The number of hydrogen-bond donors (Lipinski definition) is 0. The van der Waals surface area contributed by atoms with Crippen molar-refractivity contribution in [1.29, 1.82) is 0 Å². The van der Waals surface area contributed by atoms with Crippen molar-refractivity contribution < 1.29 is 4.42 Å². The van der Waals surface area contributed by atoms with Crippen LogP contribution in [0.2, 0.25) is 0 Å². The largest absolute Gasteiger partial charge is 0.429 e. The van der Waals surface area contributed by atoms with Crippen molar-refractivity contribution in [3.05, 3.63) is 94.3 Å². The fourth-order valence-corrected chi connectivity index (χ4v) is 3.74. The van der Waals surface area contributed by atoms with Crippen LogP contribution in [0, 0.1) is 0 Å². The third kappa shape index (κ3) is 3.65. The first-order chi connectivity index (χ1) is 12.3. The molecule has 0 atom stereocenters. The van der Waals surface area contributed by atoms with Crippen LogP contribution in [-0.2, 0) is 0 Å². The van der Waals surface area contributed by atoms with Gasteiger partial charge < -0.3 is 4.42 Å². The molecule has 0 saturated heterocycles. The van der Waals surface area contributed by atoms with Gasteiger partial charge in [-0.1, -0.05) is 87.9 Å². The van der Waals surface area contributed by atoms with Crippen molar-refractivity contribution in [2.75, 3.05) is 0 Å². The fourth-order valence-electron chi connectivity index (χ4n) is 2.51. The van der Waals surface area contributed by atoms with E-state index in [1.165, 1.54) is 0 Å². The molecular weight excluding hydrogens is 394 g/mol. The molecular formula is C21H14BrNOS. The Kier molecular flexibility index (Phi) is 4.63. The molecule has 0 radical (unpaired) electrons. The molecule has 0 amide bonds. The lowest BCUT2D eigenvalue weighted by Gasteiger charge is -2.01. The second-order valence-electron chi connectivity index (χ2n) is 5.45. The average molecular weight is 408 g/mol. The summed E-state index contributed by atoms with van der Waals surface area (Å²) in [5, 5.41) is 0. The standard InChI is InChI=1S/C21H14BrNOS/c22-17-11-13-18(14-12-17)23-21-24-19(15-7-3-1-4-8-15)20(25-21)16-9-5-2-6-10-16/h1-14H. The van der Waals surface area contributed by atoms with Gasteiger partial charge in [-0.05, 0) is 29.8 Å². The zero-order valence-corrected chi connectivity index (χ0v) is 15.6. The maximum Gasteiger partial charge on any atom is 0.279 e. The van der Waals surface area contributed by atoms with Crippen LogP contribution in [0.25, 0.3) is 21.8 Å². The Morgan fingerprint density at radius 3 is 1.96 bits per heavy atom. The minimum atomic E-state index is 0.639. The summed E-state index contributed by atoms with van der Waals surface area (Å²) in [5.74, 6) is 0.854. The van der Waals surface area contributed by atoms with Crippen molar-refractivity contribution in [1.82, 2.24) is 0 Å². The minimum Gasteiger partial charge on any atom is -0.429 e. The average Bonchev–Trinajstić information content (AvgIpc) is 3.09. The van der Waals surface area contributed by atoms with Gasteiger partial charge in [0, 0.05) is 10.0 Å². The molecule has 0 aliphatic heterocycles. The predicted molar refractivity (Wildman–Crippen MR) is 107 cm³/mol. The summed E-state index contributed by atoms with van der Waals surface area (Å²) in [6, 6.07) is 28.3. The lowest BCUT2D eigenvalue weighted by molar-refractivity contribution is 0.539. The summed E-state index contributed by atoms with van der Waals surface area (Å²) in [4.78, 5) is 6.37. The topological polar surface area (TPSA) is 25.5 Å². The Balaban J connectivity index is 1.88. The smallest absolute Gasteiger partial charge is 0.279 e. The second-order valence-corrected chi connectivity index (χ2v) is 7.33. The number of halogens is 1. The summed E-state index contributed by atoms with van der Waals surface area (Å²) in [6.07, 6.45) is 0. The third-order valence-electron chi connectivity index (χ3n) is 3.70. The van der Waals surface area contributed by atoms with E-state index in [9.17, 15) is 0 Å². The van der Waals surface area contributed by atoms with Crippen molar-refractivity contribution in [2.45, 2.75) is 0 Å². The van der Waals surface area contributed by atoms with E-state index in [0.29, 0.717) is 4.87 Å². The van der Waals surface area contributed by atoms with Gasteiger partial charge in [-0.25, -0.2) is 4.99 Å². The monoisotopic (exact) mass is 407 g/mol. The SMILES string of the molecule is Brc1ccc(N=c2oc(-c3ccccc3)c(-c3ccccc3)s2)cc1. The molecule has 1 heterocycles. The summed E-state index contributed by atoms with van der Waals surface area (Å²) in [5.41, 5.74) is 3.05. The van der Waals surface area contributed by atoms with Crippen molar-refractivity contribution in [3.8, 4) is 21.8 Å². The van der Waals surface area contributed by atoms with E-state index < -0.39 is 0 Å². The molecule has 4 aromatic rings. The normalized spacial score (nSPS) is 11.6. The van der Waals surface area contributed by atoms with E-state index in [1.807, 2.05) is 60.7 Å². The van der Waals surface area contributed by atoms with Gasteiger partial charge in [0.2, 0.25) is 0 Å². The van der Waals surface area contributed by atoms with Gasteiger partial charge in [0.1, 0.15) is 0 Å². The Morgan fingerprint density at radius 2 is 1.32 bits per heavy atom. The number of nitrogens with zero attached hydrogens (tertiary/aromatic N) is 1. The first kappa shape index (κ1) is 16.1. The van der Waals surface area contributed by atoms with E-state index in [1.54, 1.807) is 11.3 Å². The van der Waals surface area contributed by atoms with E-state index in [0.717, 1.165) is 31.9 Å². The lowest BCUT2D eigenvalue weighted by atomic mass is 10.1. The molecule has 4 rings (SSSR count). The zero-order chi connectivity index (χ0) is 17.1. The van der Waals surface area contributed by atoms with Gasteiger partial charge in [-0.2, -0.15) is 0 Å². The van der Waals surface area contributed by atoms with E-state index in [4.69, 9.17) is 4.42 Å². The molecule has 1 aromatic heterocycles. The molecule has 4 heteroatoms. The van der Waals surface area contributed by atoms with Crippen molar-refractivity contribution >= 4 is 33.0 Å². The van der Waals surface area contributed by atoms with Crippen LogP contribution in [-0.4, -0.2) is 0 Å². The maximum absolute atomic E-state index is 6.13. The second kappa shape index (κ2) is 7.21. The molecule has 0 aliphatic carbocycles. The summed E-state index contributed by atoms with van der Waals surface area (Å²) in [6.45, 7) is 0. The molecule has 0 saturated carbocycles. The van der Waals surface area contributed by atoms with E-state index >= 15 is 0 Å². The van der Waals surface area contributed by atoms with Crippen LogP contribution >= 0.6 is 27.3 Å². The van der Waals surface area contributed by atoms with Crippen molar-refractivity contribution in [2.24, 2.45) is 4.99 Å². The molecule has 2 nitrogen and oxygen atoms in total. The van der Waals surface area contributed by atoms with Gasteiger partial charge >= 0.3 is 0 Å². The van der Waals surface area contributed by atoms with Gasteiger partial charge in [0.05, 0.1) is 10.6 Å². The quantitative estimate of drug-likeness (QED) is 0.372. The Hall–Kier alpha value is -2.43. The molecule has 0 unspecified atom stereocenters. The van der Waals surface area contributed by atoms with Crippen LogP contribution in [0.1, 0.15) is 0 Å². The number of hydrogen-bond acceptors (Lipinski definition) is 3. The summed E-state index contributed by atoms with van der Waals surface area (Å²) < 4.78 is 7.16. The van der Waals surface area contributed by atoms with Gasteiger partial charge in [-0.15, -0.1) is 0 Å². The molecule has 0 fully saturated rings. The van der Waals surface area contributed by atoms with E-state index in [-0.39, 0.29) is 0 Å².